The average Bonchev–Trinajstić information content (AvgIpc) is 2.68. The van der Waals surface area contributed by atoms with E-state index < -0.39 is 0 Å². The van der Waals surface area contributed by atoms with Crippen molar-refractivity contribution in [1.82, 2.24) is 0 Å². The number of ketones is 1. The normalized spacial score (nSPS) is 14.0. The second-order valence-corrected chi connectivity index (χ2v) is 5.12. The summed E-state index contributed by atoms with van der Waals surface area (Å²) in [5, 5.41) is 0. The van der Waals surface area contributed by atoms with Crippen molar-refractivity contribution in [2.75, 3.05) is 30.0 Å². The summed E-state index contributed by atoms with van der Waals surface area (Å²) in [6, 6.07) is 6.09. The van der Waals surface area contributed by atoms with E-state index in [9.17, 15) is 4.79 Å². The van der Waals surface area contributed by atoms with Crippen LogP contribution in [-0.4, -0.2) is 30.9 Å². The minimum absolute atomic E-state index is 0.158. The Kier molecular flexibility index (Phi) is 3.54. The summed E-state index contributed by atoms with van der Waals surface area (Å²) in [6.07, 6.45) is 3.21. The first-order valence-electron chi connectivity index (χ1n) is 5.60. The molecule has 2 rings (SSSR count). The fourth-order valence-electron chi connectivity index (χ4n) is 2.12. The van der Waals surface area contributed by atoms with Gasteiger partial charge in [-0.15, -0.1) is 0 Å². The van der Waals surface area contributed by atoms with E-state index in [2.05, 4.69) is 23.3 Å². The highest BCUT2D eigenvalue weighted by molar-refractivity contribution is 7.98. The van der Waals surface area contributed by atoms with Crippen molar-refractivity contribution in [2.24, 2.45) is 0 Å². The van der Waals surface area contributed by atoms with Gasteiger partial charge in [-0.2, -0.15) is 11.8 Å². The Morgan fingerprint density at radius 2 is 2.31 bits per heavy atom. The number of thioether (sulfide) groups is 1. The Labute approximate surface area is 101 Å². The quantitative estimate of drug-likeness (QED) is 0.748. The number of rotatable bonds is 4. The molecule has 3 heteroatoms. The minimum atomic E-state index is 0.158. The van der Waals surface area contributed by atoms with Crippen molar-refractivity contribution in [3.05, 3.63) is 29.3 Å². The molecule has 0 aromatic heterocycles. The lowest BCUT2D eigenvalue weighted by Crippen LogP contribution is -2.23. The lowest BCUT2D eigenvalue weighted by molar-refractivity contribution is 0.101. The number of hydrogen-bond donors (Lipinski definition) is 0. The zero-order chi connectivity index (χ0) is 11.5. The van der Waals surface area contributed by atoms with Gasteiger partial charge in [-0.05, 0) is 43.4 Å². The molecule has 0 saturated carbocycles. The maximum Gasteiger partial charge on any atom is 0.159 e. The Hall–Kier alpha value is -0.960. The van der Waals surface area contributed by atoms with Crippen molar-refractivity contribution in [3.8, 4) is 0 Å². The summed E-state index contributed by atoms with van der Waals surface area (Å²) in [4.78, 5) is 13.7. The molecule has 0 saturated heterocycles. The van der Waals surface area contributed by atoms with E-state index in [1.807, 2.05) is 17.8 Å². The van der Waals surface area contributed by atoms with Gasteiger partial charge in [0.1, 0.15) is 0 Å². The van der Waals surface area contributed by atoms with Crippen LogP contribution in [0.5, 0.6) is 0 Å². The summed E-state index contributed by atoms with van der Waals surface area (Å²) < 4.78 is 0. The number of carbonyl (C=O) groups excluding carboxylic acids is 1. The predicted octanol–water partition coefficient (Wildman–Crippen LogP) is 2.61. The molecule has 2 nitrogen and oxygen atoms in total. The molecule has 1 aromatic rings. The van der Waals surface area contributed by atoms with Crippen LogP contribution < -0.4 is 4.90 Å². The summed E-state index contributed by atoms with van der Waals surface area (Å²) in [5.74, 6) is 1.32. The van der Waals surface area contributed by atoms with Crippen molar-refractivity contribution in [3.63, 3.8) is 0 Å². The molecule has 0 radical (unpaired) electrons. The van der Waals surface area contributed by atoms with Crippen LogP contribution in [0.15, 0.2) is 18.2 Å². The van der Waals surface area contributed by atoms with Crippen molar-refractivity contribution >= 4 is 23.2 Å². The molecule has 0 spiro atoms. The number of hydrogen-bond acceptors (Lipinski definition) is 3. The van der Waals surface area contributed by atoms with Gasteiger partial charge in [0.05, 0.1) is 0 Å². The highest BCUT2D eigenvalue weighted by atomic mass is 32.2. The topological polar surface area (TPSA) is 20.3 Å². The van der Waals surface area contributed by atoms with Crippen LogP contribution in [0.3, 0.4) is 0 Å². The van der Waals surface area contributed by atoms with Crippen LogP contribution in [0.25, 0.3) is 0 Å². The van der Waals surface area contributed by atoms with Crippen LogP contribution in [0, 0.1) is 0 Å². The van der Waals surface area contributed by atoms with E-state index in [1.165, 1.54) is 11.3 Å². The molecular formula is C13H17NOS. The zero-order valence-corrected chi connectivity index (χ0v) is 10.6. The lowest BCUT2D eigenvalue weighted by Gasteiger charge is -2.18. The van der Waals surface area contributed by atoms with Gasteiger partial charge in [0, 0.05) is 30.1 Å². The van der Waals surface area contributed by atoms with E-state index in [0.717, 1.165) is 30.8 Å². The van der Waals surface area contributed by atoms with E-state index in [0.29, 0.717) is 0 Å². The molecule has 0 atom stereocenters. The third-order valence-electron chi connectivity index (χ3n) is 3.04. The number of benzene rings is 1. The first-order chi connectivity index (χ1) is 7.72. The van der Waals surface area contributed by atoms with Crippen LogP contribution in [0.1, 0.15) is 22.8 Å². The standard InChI is InChI=1S/C13H17NOS/c1-10(15)11-3-4-13-12(9-11)5-6-14(13)7-8-16-2/h3-4,9H,5-8H2,1-2H3. The Morgan fingerprint density at radius 3 is 3.00 bits per heavy atom. The molecule has 86 valence electrons. The SMILES string of the molecule is CSCCN1CCc2cc(C(C)=O)ccc21. The Bertz CT molecular complexity index is 403. The number of carbonyl (C=O) groups is 1. The van der Waals surface area contributed by atoms with E-state index in [1.54, 1.807) is 6.92 Å². The van der Waals surface area contributed by atoms with Gasteiger partial charge in [-0.1, -0.05) is 0 Å². The van der Waals surface area contributed by atoms with Gasteiger partial charge < -0.3 is 4.90 Å². The molecule has 0 fully saturated rings. The molecule has 0 amide bonds. The molecular weight excluding hydrogens is 218 g/mol. The van der Waals surface area contributed by atoms with Gasteiger partial charge in [-0.25, -0.2) is 0 Å². The highest BCUT2D eigenvalue weighted by Crippen LogP contribution is 2.28. The maximum absolute atomic E-state index is 11.3. The number of fused-ring (bicyclic) bond motifs is 1. The number of nitrogens with zero attached hydrogens (tertiary/aromatic N) is 1. The smallest absolute Gasteiger partial charge is 0.159 e. The highest BCUT2D eigenvalue weighted by Gasteiger charge is 2.19. The van der Waals surface area contributed by atoms with Crippen molar-refractivity contribution < 1.29 is 4.79 Å². The maximum atomic E-state index is 11.3. The molecule has 1 aromatic carbocycles. The van der Waals surface area contributed by atoms with Crippen molar-refractivity contribution in [2.45, 2.75) is 13.3 Å². The lowest BCUT2D eigenvalue weighted by atomic mass is 10.1. The third kappa shape index (κ3) is 2.24. The van der Waals surface area contributed by atoms with Crippen LogP contribution in [0.2, 0.25) is 0 Å². The van der Waals surface area contributed by atoms with Gasteiger partial charge in [0.15, 0.2) is 5.78 Å². The molecule has 1 aliphatic rings. The largest absolute Gasteiger partial charge is 0.370 e. The average molecular weight is 235 g/mol. The van der Waals surface area contributed by atoms with Crippen LogP contribution in [0.4, 0.5) is 5.69 Å². The van der Waals surface area contributed by atoms with E-state index in [-0.39, 0.29) is 5.78 Å². The summed E-state index contributed by atoms with van der Waals surface area (Å²) in [5.41, 5.74) is 3.48. The van der Waals surface area contributed by atoms with Crippen molar-refractivity contribution in [1.29, 1.82) is 0 Å². The predicted molar refractivity (Wildman–Crippen MR) is 70.7 cm³/mol. The van der Waals surface area contributed by atoms with E-state index >= 15 is 0 Å². The number of Topliss-reactive ketones (excluding diaryl/α,β-unsaturated/α-hetero) is 1. The third-order valence-corrected chi connectivity index (χ3v) is 3.63. The Morgan fingerprint density at radius 1 is 1.50 bits per heavy atom. The molecule has 0 unspecified atom stereocenters. The van der Waals surface area contributed by atoms with Gasteiger partial charge in [-0.3, -0.25) is 4.79 Å². The molecule has 0 N–H and O–H groups in total. The first kappa shape index (κ1) is 11.5. The molecule has 0 bridgehead atoms. The Balaban J connectivity index is 2.18. The van der Waals surface area contributed by atoms with Gasteiger partial charge in [0.25, 0.3) is 0 Å². The fourth-order valence-corrected chi connectivity index (χ4v) is 2.53. The fraction of sp³-hybridized carbons (Fsp3) is 0.462. The second-order valence-electron chi connectivity index (χ2n) is 4.13. The summed E-state index contributed by atoms with van der Waals surface area (Å²) >= 11 is 1.88. The molecule has 16 heavy (non-hydrogen) atoms. The minimum Gasteiger partial charge on any atom is -0.370 e. The second kappa shape index (κ2) is 4.91. The monoisotopic (exact) mass is 235 g/mol. The molecule has 0 aliphatic carbocycles. The van der Waals surface area contributed by atoms with Gasteiger partial charge >= 0.3 is 0 Å². The molecule has 1 heterocycles. The van der Waals surface area contributed by atoms with Gasteiger partial charge in [0.2, 0.25) is 0 Å². The number of anilines is 1. The van der Waals surface area contributed by atoms with Crippen LogP contribution in [-0.2, 0) is 6.42 Å². The summed E-state index contributed by atoms with van der Waals surface area (Å²) in [7, 11) is 0. The van der Waals surface area contributed by atoms with Crippen LogP contribution >= 0.6 is 11.8 Å². The molecule has 1 aliphatic heterocycles. The van der Waals surface area contributed by atoms with E-state index in [4.69, 9.17) is 0 Å². The first-order valence-corrected chi connectivity index (χ1v) is 6.99. The zero-order valence-electron chi connectivity index (χ0n) is 9.82. The summed E-state index contributed by atoms with van der Waals surface area (Å²) in [6.45, 7) is 3.83.